The molecule has 3 rings (SSSR count). The van der Waals surface area contributed by atoms with Crippen molar-refractivity contribution in [2.75, 3.05) is 13.7 Å². The molecule has 3 atom stereocenters. The number of carbonyl (C=O) groups is 1. The summed E-state index contributed by atoms with van der Waals surface area (Å²) in [7, 11) is 1.61. The summed E-state index contributed by atoms with van der Waals surface area (Å²) < 4.78 is 17.1. The number of fused-ring (bicyclic) bond motifs is 1. The molecule has 24 heavy (non-hydrogen) atoms. The van der Waals surface area contributed by atoms with Gasteiger partial charge in [-0.1, -0.05) is 30.4 Å². The molecule has 1 aliphatic heterocycles. The van der Waals surface area contributed by atoms with Gasteiger partial charge in [-0.15, -0.1) is 0 Å². The number of carbonyl (C=O) groups excluding carboxylic acids is 1. The summed E-state index contributed by atoms with van der Waals surface area (Å²) in [5.74, 6) is 0.742. The quantitative estimate of drug-likeness (QED) is 0.772. The van der Waals surface area contributed by atoms with Gasteiger partial charge < -0.3 is 14.2 Å². The minimum atomic E-state index is -0.0976. The molecule has 0 aromatic heterocycles. The summed E-state index contributed by atoms with van der Waals surface area (Å²) >= 11 is 0. The van der Waals surface area contributed by atoms with Crippen molar-refractivity contribution in [3.8, 4) is 5.75 Å². The smallest absolute Gasteiger partial charge is 0.173 e. The van der Waals surface area contributed by atoms with Crippen LogP contribution in [0.1, 0.15) is 31.7 Å². The van der Waals surface area contributed by atoms with Crippen LogP contribution in [-0.2, 0) is 14.3 Å². The highest BCUT2D eigenvalue weighted by Gasteiger charge is 2.41. The zero-order valence-corrected chi connectivity index (χ0v) is 14.3. The van der Waals surface area contributed by atoms with Gasteiger partial charge in [0.2, 0.25) is 0 Å². The van der Waals surface area contributed by atoms with Gasteiger partial charge in [-0.2, -0.15) is 0 Å². The molecule has 2 aliphatic rings. The van der Waals surface area contributed by atoms with E-state index in [1.807, 2.05) is 31.2 Å². The molecule has 0 amide bonds. The van der Waals surface area contributed by atoms with Crippen molar-refractivity contribution < 1.29 is 19.0 Å². The van der Waals surface area contributed by atoms with Gasteiger partial charge in [0.05, 0.1) is 37.6 Å². The summed E-state index contributed by atoms with van der Waals surface area (Å²) in [5.41, 5.74) is 2.41. The maximum Gasteiger partial charge on any atom is 0.173 e. The fourth-order valence-electron chi connectivity index (χ4n) is 3.43. The lowest BCUT2D eigenvalue weighted by atomic mass is 9.77. The number of methoxy groups -OCH3 is 1. The van der Waals surface area contributed by atoms with Crippen molar-refractivity contribution >= 4 is 11.4 Å². The van der Waals surface area contributed by atoms with Crippen molar-refractivity contribution in [3.05, 3.63) is 48.2 Å². The van der Waals surface area contributed by atoms with Gasteiger partial charge in [0.1, 0.15) is 11.9 Å². The molecule has 4 nitrogen and oxygen atoms in total. The van der Waals surface area contributed by atoms with Gasteiger partial charge in [0.25, 0.3) is 0 Å². The van der Waals surface area contributed by atoms with Crippen LogP contribution in [-0.4, -0.2) is 31.7 Å². The molecule has 0 spiro atoms. The predicted octanol–water partition coefficient (Wildman–Crippen LogP) is 3.77. The van der Waals surface area contributed by atoms with Crippen molar-refractivity contribution in [1.82, 2.24) is 0 Å². The van der Waals surface area contributed by atoms with Crippen LogP contribution in [0.15, 0.2) is 42.7 Å². The topological polar surface area (TPSA) is 44.8 Å². The molecule has 128 valence electrons. The first-order valence-electron chi connectivity index (χ1n) is 8.39. The Bertz CT molecular complexity index is 661. The SMILES string of the molecule is C=C(C)COC1CCC2C(=O)C(c3ccccc3OC)=COC2C1. The lowest BCUT2D eigenvalue weighted by Gasteiger charge is -2.37. The lowest BCUT2D eigenvalue weighted by Crippen LogP contribution is -2.41. The van der Waals surface area contributed by atoms with Crippen LogP contribution in [0.3, 0.4) is 0 Å². The summed E-state index contributed by atoms with van der Waals surface area (Å²) in [6.45, 7) is 6.38. The zero-order chi connectivity index (χ0) is 17.1. The minimum Gasteiger partial charge on any atom is -0.496 e. The Morgan fingerprint density at radius 1 is 1.33 bits per heavy atom. The Hall–Kier alpha value is -2.07. The molecule has 0 saturated heterocycles. The van der Waals surface area contributed by atoms with E-state index in [-0.39, 0.29) is 23.9 Å². The number of benzene rings is 1. The molecule has 0 bridgehead atoms. The highest BCUT2D eigenvalue weighted by Crippen LogP contribution is 2.39. The molecule has 3 unspecified atom stereocenters. The number of ketones is 1. The molecule has 0 N–H and O–H groups in total. The van der Waals surface area contributed by atoms with Crippen molar-refractivity contribution in [2.24, 2.45) is 5.92 Å². The molecule has 1 aromatic rings. The van der Waals surface area contributed by atoms with Crippen LogP contribution >= 0.6 is 0 Å². The van der Waals surface area contributed by atoms with Crippen LogP contribution in [0.4, 0.5) is 0 Å². The fourth-order valence-corrected chi connectivity index (χ4v) is 3.43. The average Bonchev–Trinajstić information content (AvgIpc) is 2.60. The summed E-state index contributed by atoms with van der Waals surface area (Å²) in [6.07, 6.45) is 4.05. The van der Waals surface area contributed by atoms with E-state index in [2.05, 4.69) is 6.58 Å². The third-order valence-electron chi connectivity index (χ3n) is 4.67. The summed E-state index contributed by atoms with van der Waals surface area (Å²) in [6, 6.07) is 7.55. The standard InChI is InChI=1S/C20H24O4/c1-13(2)11-23-14-8-9-16-19(10-14)24-12-17(20(16)21)15-6-4-5-7-18(15)22-3/h4-7,12,14,16,19H,1,8-11H2,2-3H3. The molecule has 4 heteroatoms. The molecule has 1 heterocycles. The van der Waals surface area contributed by atoms with E-state index in [9.17, 15) is 4.79 Å². The Balaban J connectivity index is 1.75. The number of hydrogen-bond acceptors (Lipinski definition) is 4. The zero-order valence-electron chi connectivity index (χ0n) is 14.3. The van der Waals surface area contributed by atoms with E-state index in [0.29, 0.717) is 17.9 Å². The number of para-hydroxylation sites is 1. The molecular weight excluding hydrogens is 304 g/mol. The predicted molar refractivity (Wildman–Crippen MR) is 92.7 cm³/mol. The fraction of sp³-hybridized carbons (Fsp3) is 0.450. The van der Waals surface area contributed by atoms with Crippen LogP contribution in [0.25, 0.3) is 5.57 Å². The number of hydrogen-bond donors (Lipinski definition) is 0. The van der Waals surface area contributed by atoms with Gasteiger partial charge in [-0.25, -0.2) is 0 Å². The van der Waals surface area contributed by atoms with Crippen LogP contribution in [0.5, 0.6) is 5.75 Å². The van der Waals surface area contributed by atoms with E-state index in [4.69, 9.17) is 14.2 Å². The van der Waals surface area contributed by atoms with E-state index in [1.165, 1.54) is 0 Å². The Labute approximate surface area is 143 Å². The molecule has 1 saturated carbocycles. The molecule has 1 aliphatic carbocycles. The van der Waals surface area contributed by atoms with Gasteiger partial charge in [0.15, 0.2) is 5.78 Å². The van der Waals surface area contributed by atoms with Crippen LogP contribution in [0.2, 0.25) is 0 Å². The maximum absolute atomic E-state index is 12.9. The third kappa shape index (κ3) is 3.39. The first-order chi connectivity index (χ1) is 11.6. The third-order valence-corrected chi connectivity index (χ3v) is 4.67. The second-order valence-electron chi connectivity index (χ2n) is 6.58. The molecule has 1 fully saturated rings. The summed E-state index contributed by atoms with van der Waals surface area (Å²) in [5, 5.41) is 0. The Kier molecular flexibility index (Phi) is 5.05. The van der Waals surface area contributed by atoms with E-state index >= 15 is 0 Å². The number of ether oxygens (including phenoxy) is 3. The molecule has 0 radical (unpaired) electrons. The minimum absolute atomic E-state index is 0.0974. The summed E-state index contributed by atoms with van der Waals surface area (Å²) in [4.78, 5) is 12.9. The number of allylic oxidation sites excluding steroid dienone is 1. The van der Waals surface area contributed by atoms with Gasteiger partial charge in [0, 0.05) is 12.0 Å². The molecular formula is C20H24O4. The van der Waals surface area contributed by atoms with Crippen LogP contribution in [0, 0.1) is 5.92 Å². The second-order valence-corrected chi connectivity index (χ2v) is 6.58. The molecule has 1 aromatic carbocycles. The normalized spacial score (nSPS) is 26.2. The highest BCUT2D eigenvalue weighted by atomic mass is 16.5. The Morgan fingerprint density at radius 3 is 2.88 bits per heavy atom. The number of Topliss-reactive ketones (excluding diaryl/α,β-unsaturated/α-hetero) is 1. The Morgan fingerprint density at radius 2 is 2.12 bits per heavy atom. The van der Waals surface area contributed by atoms with E-state index < -0.39 is 0 Å². The van der Waals surface area contributed by atoms with Crippen LogP contribution < -0.4 is 4.74 Å². The monoisotopic (exact) mass is 328 g/mol. The van der Waals surface area contributed by atoms with E-state index in [0.717, 1.165) is 30.4 Å². The maximum atomic E-state index is 12.9. The van der Waals surface area contributed by atoms with Crippen molar-refractivity contribution in [2.45, 2.75) is 38.4 Å². The van der Waals surface area contributed by atoms with Crippen molar-refractivity contribution in [3.63, 3.8) is 0 Å². The van der Waals surface area contributed by atoms with Gasteiger partial charge in [-0.3, -0.25) is 4.79 Å². The van der Waals surface area contributed by atoms with Gasteiger partial charge in [-0.05, 0) is 25.8 Å². The first-order valence-corrected chi connectivity index (χ1v) is 8.39. The average molecular weight is 328 g/mol. The van der Waals surface area contributed by atoms with E-state index in [1.54, 1.807) is 13.4 Å². The van der Waals surface area contributed by atoms with Gasteiger partial charge >= 0.3 is 0 Å². The highest BCUT2D eigenvalue weighted by molar-refractivity contribution is 6.22. The lowest BCUT2D eigenvalue weighted by molar-refractivity contribution is -0.127. The van der Waals surface area contributed by atoms with Crippen molar-refractivity contribution in [1.29, 1.82) is 0 Å². The second kappa shape index (κ2) is 7.22. The first kappa shape index (κ1) is 16.8. The largest absolute Gasteiger partial charge is 0.496 e. The number of rotatable bonds is 5.